The number of hydrogen-bond donors (Lipinski definition) is 3. The van der Waals surface area contributed by atoms with Crippen LogP contribution in [0.1, 0.15) is 341 Å². The van der Waals surface area contributed by atoms with Gasteiger partial charge in [-0.3, -0.25) is 13.8 Å². The molecule has 466 valence electrons. The van der Waals surface area contributed by atoms with Crippen LogP contribution in [0.2, 0.25) is 0 Å². The Morgan fingerprint density at radius 1 is 0.418 bits per heavy atom. The predicted molar refractivity (Wildman–Crippen MR) is 346 cm³/mol. The average Bonchev–Trinajstić information content (AvgIpc) is 3.42. The molecule has 0 radical (unpaired) electrons. The number of likely N-dealkylation sites (N-methyl/N-ethyl adjacent to an activating group) is 1. The van der Waals surface area contributed by atoms with Gasteiger partial charge in [-0.25, -0.2) is 4.57 Å². The lowest BCUT2D eigenvalue weighted by molar-refractivity contribution is -0.870. The Balaban J connectivity index is 4.09. The number of carbonyl (C=O) groups excluding carboxylic acids is 1. The molecule has 0 saturated carbocycles. The van der Waals surface area contributed by atoms with Gasteiger partial charge in [-0.05, 0) is 70.6 Å². The summed E-state index contributed by atoms with van der Waals surface area (Å²) in [6.07, 6.45) is 82.7. The fourth-order valence-electron chi connectivity index (χ4n) is 10.4. The molecule has 0 spiro atoms. The number of aliphatic hydroxyl groups is 1. The van der Waals surface area contributed by atoms with Crippen LogP contribution in [-0.2, 0) is 18.4 Å². The Morgan fingerprint density at radius 3 is 1.01 bits per heavy atom. The van der Waals surface area contributed by atoms with E-state index in [4.69, 9.17) is 9.05 Å². The standard InChI is InChI=1S/C70H135N2O6P/c1-6-8-10-12-14-16-18-20-22-24-26-28-30-32-33-34-35-36-37-38-39-40-42-44-46-48-50-52-54-56-58-60-62-64-70(74)71-68(67-78-79(75,76)77-66-65-72(3,4)5)69(73)63-61-59-57-55-53-51-49-47-45-43-41-31-29-27-25-23-21-19-17-15-13-11-9-7-2/h32-33,45,47,53,55,61,63,68-69,73H,6-31,34-44,46,48-52,54,56-60,62,64-67H2,1-5H3,(H-,71,74,75,76)/p+1/b33-32-,47-45+,55-53+,63-61+. The molecule has 3 unspecified atom stereocenters. The lowest BCUT2D eigenvalue weighted by atomic mass is 10.0. The number of phosphoric acid groups is 1. The largest absolute Gasteiger partial charge is 0.472 e. The van der Waals surface area contributed by atoms with Gasteiger partial charge in [0, 0.05) is 6.42 Å². The van der Waals surface area contributed by atoms with E-state index in [-0.39, 0.29) is 19.1 Å². The van der Waals surface area contributed by atoms with E-state index in [1.807, 2.05) is 27.2 Å². The maximum Gasteiger partial charge on any atom is 0.472 e. The Morgan fingerprint density at radius 2 is 0.696 bits per heavy atom. The van der Waals surface area contributed by atoms with Crippen LogP contribution < -0.4 is 5.32 Å². The fourth-order valence-corrected chi connectivity index (χ4v) is 11.1. The number of rotatable bonds is 64. The highest BCUT2D eigenvalue weighted by Gasteiger charge is 2.28. The van der Waals surface area contributed by atoms with E-state index in [9.17, 15) is 19.4 Å². The molecule has 0 bridgehead atoms. The van der Waals surface area contributed by atoms with Gasteiger partial charge >= 0.3 is 7.82 Å². The summed E-state index contributed by atoms with van der Waals surface area (Å²) in [5, 5.41) is 14.0. The Hall–Kier alpha value is -1.54. The van der Waals surface area contributed by atoms with Gasteiger partial charge in [0.2, 0.25) is 5.91 Å². The zero-order valence-corrected chi connectivity index (χ0v) is 54.3. The molecule has 0 aliphatic heterocycles. The van der Waals surface area contributed by atoms with Crippen molar-refractivity contribution in [3.05, 3.63) is 48.6 Å². The number of aliphatic hydroxyl groups excluding tert-OH is 1. The quantitative estimate of drug-likeness (QED) is 0.0243. The van der Waals surface area contributed by atoms with Crippen LogP contribution in [0, 0.1) is 0 Å². The summed E-state index contributed by atoms with van der Waals surface area (Å²) in [5.74, 6) is -0.185. The molecule has 79 heavy (non-hydrogen) atoms. The number of allylic oxidation sites excluding steroid dienone is 7. The molecule has 0 saturated heterocycles. The fraction of sp³-hybridized carbons (Fsp3) is 0.871. The SMILES string of the molecule is CCCCCCCCCCCCCC/C=C\CCCCCCCCCCCCCCCCCCCC(=O)NC(COP(=O)(O)OCC[N+](C)(C)C)C(O)/C=C/CC/C=C/CC/C=C/CCCCCCCCCCCCCCCC. The van der Waals surface area contributed by atoms with E-state index in [0.717, 1.165) is 44.9 Å². The van der Waals surface area contributed by atoms with Crippen molar-refractivity contribution in [2.75, 3.05) is 40.9 Å². The molecule has 0 aromatic rings. The van der Waals surface area contributed by atoms with Crippen molar-refractivity contribution < 1.29 is 32.9 Å². The highest BCUT2D eigenvalue weighted by atomic mass is 31.2. The minimum Gasteiger partial charge on any atom is -0.387 e. The van der Waals surface area contributed by atoms with Crippen LogP contribution in [0.5, 0.6) is 0 Å². The number of hydrogen-bond acceptors (Lipinski definition) is 5. The summed E-state index contributed by atoms with van der Waals surface area (Å²) in [7, 11) is 1.56. The predicted octanol–water partition coefficient (Wildman–Crippen LogP) is 21.8. The molecule has 0 fully saturated rings. The van der Waals surface area contributed by atoms with Gasteiger partial charge in [-0.15, -0.1) is 0 Å². The van der Waals surface area contributed by atoms with Crippen molar-refractivity contribution in [3.8, 4) is 0 Å². The number of unbranched alkanes of at least 4 members (excludes halogenated alkanes) is 45. The second-order valence-electron chi connectivity index (χ2n) is 24.9. The third kappa shape index (κ3) is 63.9. The second-order valence-corrected chi connectivity index (χ2v) is 26.3. The first-order valence-corrected chi connectivity index (χ1v) is 36.0. The maximum atomic E-state index is 13.0. The molecular weight excluding hydrogens is 996 g/mol. The maximum absolute atomic E-state index is 13.0. The lowest BCUT2D eigenvalue weighted by Crippen LogP contribution is -2.45. The molecular formula is C70H136N2O6P+. The molecule has 0 aromatic heterocycles. The summed E-state index contributed by atoms with van der Waals surface area (Å²) >= 11 is 0. The van der Waals surface area contributed by atoms with Crippen LogP contribution >= 0.6 is 7.82 Å². The number of nitrogens with one attached hydrogen (secondary N) is 1. The van der Waals surface area contributed by atoms with Gasteiger partial charge in [-0.1, -0.05) is 313 Å². The van der Waals surface area contributed by atoms with E-state index < -0.39 is 20.0 Å². The number of quaternary nitrogens is 1. The highest BCUT2D eigenvalue weighted by Crippen LogP contribution is 2.43. The van der Waals surface area contributed by atoms with Crippen molar-refractivity contribution in [1.82, 2.24) is 5.32 Å². The van der Waals surface area contributed by atoms with E-state index >= 15 is 0 Å². The minimum atomic E-state index is -4.36. The number of phosphoric ester groups is 1. The highest BCUT2D eigenvalue weighted by molar-refractivity contribution is 7.47. The van der Waals surface area contributed by atoms with Gasteiger partial charge in [0.25, 0.3) is 0 Å². The van der Waals surface area contributed by atoms with Gasteiger partial charge in [0.05, 0.1) is 39.9 Å². The second kappa shape index (κ2) is 61.0. The Labute approximate surface area is 492 Å². The van der Waals surface area contributed by atoms with Gasteiger partial charge in [-0.2, -0.15) is 0 Å². The average molecular weight is 1130 g/mol. The zero-order chi connectivity index (χ0) is 57.7. The molecule has 8 nitrogen and oxygen atoms in total. The van der Waals surface area contributed by atoms with Crippen LogP contribution in [0.25, 0.3) is 0 Å². The van der Waals surface area contributed by atoms with Gasteiger partial charge in [0.1, 0.15) is 13.2 Å². The summed E-state index contributed by atoms with van der Waals surface area (Å²) in [5.41, 5.74) is 0. The van der Waals surface area contributed by atoms with E-state index in [1.165, 1.54) is 276 Å². The van der Waals surface area contributed by atoms with Gasteiger partial charge in [0.15, 0.2) is 0 Å². The summed E-state index contributed by atoms with van der Waals surface area (Å²) in [6.45, 7) is 4.84. The first-order chi connectivity index (χ1) is 38.5. The summed E-state index contributed by atoms with van der Waals surface area (Å²) < 4.78 is 23.8. The Bertz CT molecular complexity index is 1430. The van der Waals surface area contributed by atoms with Crippen LogP contribution in [0.15, 0.2) is 48.6 Å². The molecule has 0 heterocycles. The molecule has 0 aromatic carbocycles. The van der Waals surface area contributed by atoms with Crippen molar-refractivity contribution in [1.29, 1.82) is 0 Å². The molecule has 9 heteroatoms. The van der Waals surface area contributed by atoms with E-state index in [2.05, 4.69) is 55.6 Å². The van der Waals surface area contributed by atoms with Crippen LogP contribution in [-0.4, -0.2) is 73.4 Å². The topological polar surface area (TPSA) is 105 Å². The van der Waals surface area contributed by atoms with Crippen LogP contribution in [0.3, 0.4) is 0 Å². The number of nitrogens with zero attached hydrogens (tertiary/aromatic N) is 1. The first kappa shape index (κ1) is 77.5. The van der Waals surface area contributed by atoms with Gasteiger partial charge < -0.3 is 19.8 Å². The van der Waals surface area contributed by atoms with Crippen molar-refractivity contribution in [2.45, 2.75) is 353 Å². The first-order valence-electron chi connectivity index (χ1n) is 34.5. The van der Waals surface area contributed by atoms with E-state index in [1.54, 1.807) is 6.08 Å². The molecule has 0 rings (SSSR count). The van der Waals surface area contributed by atoms with Crippen molar-refractivity contribution in [3.63, 3.8) is 0 Å². The zero-order valence-electron chi connectivity index (χ0n) is 53.4. The summed E-state index contributed by atoms with van der Waals surface area (Å²) in [6, 6.07) is -0.871. The molecule has 0 aliphatic rings. The van der Waals surface area contributed by atoms with Crippen LogP contribution in [0.4, 0.5) is 0 Å². The smallest absolute Gasteiger partial charge is 0.387 e. The minimum absolute atomic E-state index is 0.0542. The molecule has 3 atom stereocenters. The lowest BCUT2D eigenvalue weighted by Gasteiger charge is -2.25. The molecule has 3 N–H and O–H groups in total. The normalized spacial score (nSPS) is 14.0. The molecule has 1 amide bonds. The van der Waals surface area contributed by atoms with Crippen molar-refractivity contribution >= 4 is 13.7 Å². The van der Waals surface area contributed by atoms with E-state index in [0.29, 0.717) is 17.4 Å². The van der Waals surface area contributed by atoms with Crippen molar-refractivity contribution in [2.24, 2.45) is 0 Å². The summed E-state index contributed by atoms with van der Waals surface area (Å²) in [4.78, 5) is 23.4. The monoisotopic (exact) mass is 1130 g/mol. The third-order valence-corrected chi connectivity index (χ3v) is 16.7. The Kier molecular flexibility index (Phi) is 59.8. The number of carbonyl (C=O) groups is 1. The third-order valence-electron chi connectivity index (χ3n) is 15.7. The molecule has 0 aliphatic carbocycles. The number of amides is 1.